The molecule has 0 saturated carbocycles. The molecule has 0 fully saturated rings. The van der Waals surface area contributed by atoms with E-state index in [0.717, 1.165) is 13.0 Å². The third-order valence-electron chi connectivity index (χ3n) is 3.59. The Morgan fingerprint density at radius 1 is 1.11 bits per heavy atom. The summed E-state index contributed by atoms with van der Waals surface area (Å²) >= 11 is 0. The standard InChI is InChI=1S/C16H17NO/c1-11-2-4-12(5-3-11)16-15-7-6-14(18)10-13(15)8-9-17-16/h2-7,10,16-18H,8-9H2,1H3/t16-/m1/s1. The highest BCUT2D eigenvalue weighted by Gasteiger charge is 2.21. The highest BCUT2D eigenvalue weighted by Crippen LogP contribution is 2.30. The van der Waals surface area contributed by atoms with Crippen LogP contribution in [0.25, 0.3) is 0 Å². The van der Waals surface area contributed by atoms with Gasteiger partial charge in [-0.3, -0.25) is 0 Å². The molecule has 0 aliphatic carbocycles. The smallest absolute Gasteiger partial charge is 0.115 e. The fourth-order valence-electron chi connectivity index (χ4n) is 2.61. The zero-order valence-corrected chi connectivity index (χ0v) is 10.5. The number of nitrogens with one attached hydrogen (secondary N) is 1. The maximum atomic E-state index is 9.56. The van der Waals surface area contributed by atoms with E-state index in [0.29, 0.717) is 5.75 Å². The Labute approximate surface area is 107 Å². The van der Waals surface area contributed by atoms with Gasteiger partial charge in [-0.05, 0) is 42.2 Å². The first kappa shape index (κ1) is 11.3. The molecule has 92 valence electrons. The maximum Gasteiger partial charge on any atom is 0.115 e. The van der Waals surface area contributed by atoms with E-state index in [4.69, 9.17) is 0 Å². The molecule has 0 spiro atoms. The zero-order chi connectivity index (χ0) is 12.5. The monoisotopic (exact) mass is 239 g/mol. The molecule has 0 radical (unpaired) electrons. The summed E-state index contributed by atoms with van der Waals surface area (Å²) in [5, 5.41) is 13.1. The van der Waals surface area contributed by atoms with E-state index in [-0.39, 0.29) is 6.04 Å². The number of fused-ring (bicyclic) bond motifs is 1. The van der Waals surface area contributed by atoms with Crippen molar-refractivity contribution in [2.75, 3.05) is 6.54 Å². The number of phenolic OH excluding ortho intramolecular Hbond substituents is 1. The van der Waals surface area contributed by atoms with Crippen LogP contribution in [-0.4, -0.2) is 11.7 Å². The van der Waals surface area contributed by atoms with Gasteiger partial charge in [0.2, 0.25) is 0 Å². The molecule has 1 aliphatic heterocycles. The lowest BCUT2D eigenvalue weighted by molar-refractivity contribution is 0.471. The van der Waals surface area contributed by atoms with Gasteiger partial charge in [-0.15, -0.1) is 0 Å². The molecule has 0 amide bonds. The highest BCUT2D eigenvalue weighted by molar-refractivity contribution is 5.43. The number of phenols is 1. The third-order valence-corrected chi connectivity index (χ3v) is 3.59. The molecule has 2 nitrogen and oxygen atoms in total. The van der Waals surface area contributed by atoms with E-state index in [1.54, 1.807) is 6.07 Å². The molecule has 0 aromatic heterocycles. The molecule has 0 unspecified atom stereocenters. The molecule has 18 heavy (non-hydrogen) atoms. The predicted octanol–water partition coefficient (Wildman–Crippen LogP) is 2.94. The van der Waals surface area contributed by atoms with Gasteiger partial charge in [0, 0.05) is 6.54 Å². The Morgan fingerprint density at radius 3 is 2.67 bits per heavy atom. The van der Waals surface area contributed by atoms with Crippen molar-refractivity contribution in [3.8, 4) is 5.75 Å². The minimum absolute atomic E-state index is 0.245. The molecule has 1 heterocycles. The van der Waals surface area contributed by atoms with Crippen LogP contribution in [-0.2, 0) is 6.42 Å². The van der Waals surface area contributed by atoms with Crippen molar-refractivity contribution in [3.05, 3.63) is 64.7 Å². The first-order chi connectivity index (χ1) is 8.74. The Balaban J connectivity index is 2.03. The van der Waals surface area contributed by atoms with Crippen LogP contribution in [0, 0.1) is 6.92 Å². The lowest BCUT2D eigenvalue weighted by Crippen LogP contribution is -2.30. The van der Waals surface area contributed by atoms with Gasteiger partial charge in [0.1, 0.15) is 5.75 Å². The van der Waals surface area contributed by atoms with Crippen molar-refractivity contribution in [1.29, 1.82) is 0 Å². The number of aryl methyl sites for hydroxylation is 1. The Kier molecular flexibility index (Phi) is 2.80. The highest BCUT2D eigenvalue weighted by atomic mass is 16.3. The van der Waals surface area contributed by atoms with Gasteiger partial charge in [-0.2, -0.15) is 0 Å². The number of hydrogen-bond acceptors (Lipinski definition) is 2. The summed E-state index contributed by atoms with van der Waals surface area (Å²) in [5.74, 6) is 0.360. The van der Waals surface area contributed by atoms with Crippen LogP contribution in [0.2, 0.25) is 0 Å². The normalized spacial score (nSPS) is 18.4. The number of hydrogen-bond donors (Lipinski definition) is 2. The topological polar surface area (TPSA) is 32.3 Å². The number of rotatable bonds is 1. The lowest BCUT2D eigenvalue weighted by atomic mass is 9.89. The molecule has 0 bridgehead atoms. The van der Waals surface area contributed by atoms with Gasteiger partial charge >= 0.3 is 0 Å². The van der Waals surface area contributed by atoms with Crippen molar-refractivity contribution in [3.63, 3.8) is 0 Å². The van der Waals surface area contributed by atoms with Crippen LogP contribution < -0.4 is 5.32 Å². The molecular weight excluding hydrogens is 222 g/mol. The second-order valence-electron chi connectivity index (χ2n) is 4.93. The molecule has 1 aliphatic rings. The van der Waals surface area contributed by atoms with Crippen molar-refractivity contribution < 1.29 is 5.11 Å². The van der Waals surface area contributed by atoms with Crippen LogP contribution in [0.4, 0.5) is 0 Å². The van der Waals surface area contributed by atoms with Gasteiger partial charge in [0.25, 0.3) is 0 Å². The quantitative estimate of drug-likeness (QED) is 0.802. The first-order valence-electron chi connectivity index (χ1n) is 6.36. The summed E-state index contributed by atoms with van der Waals surface area (Å²) in [7, 11) is 0. The van der Waals surface area contributed by atoms with Gasteiger partial charge < -0.3 is 10.4 Å². The second-order valence-corrected chi connectivity index (χ2v) is 4.93. The van der Waals surface area contributed by atoms with E-state index in [1.165, 1.54) is 22.3 Å². The molecule has 2 aromatic rings. The van der Waals surface area contributed by atoms with Crippen LogP contribution >= 0.6 is 0 Å². The molecule has 2 N–H and O–H groups in total. The van der Waals surface area contributed by atoms with Gasteiger partial charge in [0.15, 0.2) is 0 Å². The Hall–Kier alpha value is -1.80. The first-order valence-corrected chi connectivity index (χ1v) is 6.36. The number of benzene rings is 2. The van der Waals surface area contributed by atoms with Crippen molar-refractivity contribution in [2.24, 2.45) is 0 Å². The molecule has 1 atom stereocenters. The van der Waals surface area contributed by atoms with Crippen LogP contribution in [0.3, 0.4) is 0 Å². The Morgan fingerprint density at radius 2 is 1.89 bits per heavy atom. The van der Waals surface area contributed by atoms with E-state index in [1.807, 2.05) is 12.1 Å². The molecular formula is C16H17NO. The third kappa shape index (κ3) is 2.00. The summed E-state index contributed by atoms with van der Waals surface area (Å²) < 4.78 is 0. The zero-order valence-electron chi connectivity index (χ0n) is 10.5. The average molecular weight is 239 g/mol. The maximum absolute atomic E-state index is 9.56. The minimum Gasteiger partial charge on any atom is -0.508 e. The van der Waals surface area contributed by atoms with Crippen LogP contribution in [0.5, 0.6) is 5.75 Å². The summed E-state index contributed by atoms with van der Waals surface area (Å²) in [6.45, 7) is 3.05. The van der Waals surface area contributed by atoms with Crippen molar-refractivity contribution in [1.82, 2.24) is 5.32 Å². The molecule has 3 rings (SSSR count). The summed E-state index contributed by atoms with van der Waals surface area (Å²) in [6.07, 6.45) is 0.978. The van der Waals surface area contributed by atoms with Gasteiger partial charge in [-0.25, -0.2) is 0 Å². The van der Waals surface area contributed by atoms with Crippen LogP contribution in [0.1, 0.15) is 28.3 Å². The molecule has 2 aromatic carbocycles. The average Bonchev–Trinajstić information content (AvgIpc) is 2.38. The second kappa shape index (κ2) is 4.46. The van der Waals surface area contributed by atoms with Crippen LogP contribution in [0.15, 0.2) is 42.5 Å². The largest absolute Gasteiger partial charge is 0.508 e. The lowest BCUT2D eigenvalue weighted by Gasteiger charge is -2.27. The van der Waals surface area contributed by atoms with Crippen molar-refractivity contribution >= 4 is 0 Å². The van der Waals surface area contributed by atoms with E-state index in [9.17, 15) is 5.11 Å². The summed E-state index contributed by atoms with van der Waals surface area (Å²) in [6, 6.07) is 14.6. The fraction of sp³-hybridized carbons (Fsp3) is 0.250. The summed E-state index contributed by atoms with van der Waals surface area (Å²) in [4.78, 5) is 0. The van der Waals surface area contributed by atoms with E-state index in [2.05, 4.69) is 36.5 Å². The fourth-order valence-corrected chi connectivity index (χ4v) is 2.61. The Bertz CT molecular complexity index is 560. The molecule has 2 heteroatoms. The minimum atomic E-state index is 0.245. The van der Waals surface area contributed by atoms with Crippen molar-refractivity contribution in [2.45, 2.75) is 19.4 Å². The van der Waals surface area contributed by atoms with E-state index < -0.39 is 0 Å². The van der Waals surface area contributed by atoms with Gasteiger partial charge in [-0.1, -0.05) is 35.9 Å². The molecule has 0 saturated heterocycles. The number of aromatic hydroxyl groups is 1. The SMILES string of the molecule is Cc1ccc([C@H]2NCCc3cc(O)ccc32)cc1. The summed E-state index contributed by atoms with van der Waals surface area (Å²) in [5.41, 5.74) is 5.09. The predicted molar refractivity (Wildman–Crippen MR) is 72.8 cm³/mol. The van der Waals surface area contributed by atoms with Gasteiger partial charge in [0.05, 0.1) is 6.04 Å². The van der Waals surface area contributed by atoms with E-state index >= 15 is 0 Å².